The van der Waals surface area contributed by atoms with Crippen molar-refractivity contribution in [2.24, 2.45) is 19.1 Å². The summed E-state index contributed by atoms with van der Waals surface area (Å²) in [7, 11) is 4.14. The molecule has 1 aliphatic heterocycles. The van der Waals surface area contributed by atoms with E-state index in [-0.39, 0.29) is 67.1 Å². The van der Waals surface area contributed by atoms with Gasteiger partial charge in [0.15, 0.2) is 28.7 Å². The summed E-state index contributed by atoms with van der Waals surface area (Å²) in [6, 6.07) is 128. The van der Waals surface area contributed by atoms with Crippen LogP contribution in [0.4, 0.5) is 45.8 Å². The first-order valence-electron chi connectivity index (χ1n) is 37.3. The second-order valence-corrected chi connectivity index (χ2v) is 27.5. The number of rotatable bonds is 14. The second-order valence-electron chi connectivity index (χ2n) is 27.5. The van der Waals surface area contributed by atoms with Gasteiger partial charge in [0.25, 0.3) is 0 Å². The number of aryl methyl sites for hydroxylation is 2. The van der Waals surface area contributed by atoms with E-state index in [4.69, 9.17) is 32.9 Å². The average Bonchev–Trinajstić information content (AvgIpc) is 1.72. The van der Waals surface area contributed by atoms with Crippen LogP contribution in [-0.4, -0.2) is 36.6 Å². The molecular formula is C100H64Ag3N10O4-8. The van der Waals surface area contributed by atoms with Crippen molar-refractivity contribution in [3.8, 4) is 56.5 Å². The number of ether oxygens (including phenoxy) is 1. The van der Waals surface area contributed by atoms with Crippen molar-refractivity contribution in [1.82, 2.24) is 23.7 Å². The van der Waals surface area contributed by atoms with Crippen LogP contribution in [0.2, 0.25) is 0 Å². The van der Waals surface area contributed by atoms with Gasteiger partial charge in [-0.25, -0.2) is 9.97 Å². The third kappa shape index (κ3) is 14.6. The van der Waals surface area contributed by atoms with Gasteiger partial charge in [-0.15, -0.1) is 165 Å². The van der Waals surface area contributed by atoms with Crippen molar-refractivity contribution >= 4 is 129 Å². The van der Waals surface area contributed by atoms with Gasteiger partial charge in [-0.2, -0.15) is 59.7 Å². The molecule has 0 aliphatic carbocycles. The number of pyridine rings is 2. The minimum absolute atomic E-state index is 0. The van der Waals surface area contributed by atoms with E-state index in [1.54, 1.807) is 18.7 Å². The van der Waals surface area contributed by atoms with E-state index in [2.05, 4.69) is 266 Å². The van der Waals surface area contributed by atoms with Crippen LogP contribution in [0.15, 0.2) is 353 Å². The molecule has 0 saturated heterocycles. The van der Waals surface area contributed by atoms with E-state index < -0.39 is 0 Å². The summed E-state index contributed by atoms with van der Waals surface area (Å²) in [5.74, 6) is 5.03. The minimum atomic E-state index is 0. The number of aliphatic imine (C=N–C) groups is 1. The zero-order valence-electron chi connectivity index (χ0n) is 62.5. The third-order valence-corrected chi connectivity index (χ3v) is 20.6. The largest absolute Gasteiger partial charge is 0.535 e. The fourth-order valence-electron chi connectivity index (χ4n) is 15.4. The number of hydrogen-bond acceptors (Lipinski definition) is 10. The molecule has 0 saturated carbocycles. The number of nitrogens with zero attached hydrogens (tertiary/aromatic N) is 10. The van der Waals surface area contributed by atoms with Crippen LogP contribution in [0, 0.1) is 48.5 Å². The Morgan fingerprint density at radius 2 is 1.18 bits per heavy atom. The predicted molar refractivity (Wildman–Crippen MR) is 453 cm³/mol. The standard InChI is InChI=1S/C39H22N3O.C33H20N3O.C28H22N4O2.3Ag/c1-2-15-29-26(11-1)12-10-18-30(29)27-13-9-14-28(25-27)41-35-21-7-8-22-36(35)43-37-23-24-38(40-39(37)41)42-33-19-5-3-16-31(33)32-17-4-6-20-34(32)42;1-2-11-26(12-3-1)36(27-13-6-10-25(23-27)28-14-7-16-31-29(28)20-22-37-31)33-18-8-17-32(34-33)35-21-19-24-9-4-5-15-30(24)35;1-30-13-11-25-26(17-31(2)27(25)30)20-7-6-10-23(15-20)32(22-8-4-3-5-9-22)19-29-16-21-18-34-28-24(21)12-14-33-28;;;/h1-14,16-19,21-24H;1-14,16-19,21-22H;3-11,13-14,16-18H,19H2,1-2H3;;;/q2*-3;-2;;;. The van der Waals surface area contributed by atoms with E-state index in [1.807, 2.05) is 146 Å². The molecule has 0 amide bonds. The van der Waals surface area contributed by atoms with Crippen LogP contribution in [0.1, 0.15) is 5.56 Å². The number of fused-ring (bicyclic) bond motifs is 10. The number of furan rings is 3. The van der Waals surface area contributed by atoms with Gasteiger partial charge in [0.2, 0.25) is 0 Å². The Hall–Kier alpha value is -13.2. The van der Waals surface area contributed by atoms with Gasteiger partial charge in [-0.1, -0.05) is 142 Å². The van der Waals surface area contributed by atoms with Crippen molar-refractivity contribution in [3.05, 3.63) is 389 Å². The summed E-state index contributed by atoms with van der Waals surface area (Å²) in [5, 5.41) is 8.60. The molecule has 0 unspecified atom stereocenters. The summed E-state index contributed by atoms with van der Waals surface area (Å²) in [6.07, 6.45) is 12.8. The van der Waals surface area contributed by atoms with E-state index in [0.29, 0.717) is 24.0 Å². The molecule has 1 aliphatic rings. The normalized spacial score (nSPS) is 11.5. The van der Waals surface area contributed by atoms with Gasteiger partial charge in [-0.3, -0.25) is 4.99 Å². The molecule has 12 aromatic carbocycles. The molecule has 21 aromatic rings. The van der Waals surface area contributed by atoms with Crippen LogP contribution in [0.3, 0.4) is 0 Å². The smallest absolute Gasteiger partial charge is 0.181 e. The molecule has 0 N–H and O–H groups in total. The van der Waals surface area contributed by atoms with Gasteiger partial charge >= 0.3 is 0 Å². The van der Waals surface area contributed by atoms with E-state index in [0.717, 1.165) is 151 Å². The summed E-state index contributed by atoms with van der Waals surface area (Å²) >= 11 is 0. The van der Waals surface area contributed by atoms with E-state index in [9.17, 15) is 0 Å². The van der Waals surface area contributed by atoms with Gasteiger partial charge in [0.05, 0.1) is 19.8 Å². The van der Waals surface area contributed by atoms with Crippen LogP contribution in [0.5, 0.6) is 11.5 Å². The maximum absolute atomic E-state index is 6.41. The average molecular weight is 1790 g/mol. The molecule has 0 spiro atoms. The molecule has 0 atom stereocenters. The molecule has 3 radical (unpaired) electrons. The Labute approximate surface area is 721 Å². The summed E-state index contributed by atoms with van der Waals surface area (Å²) in [6.45, 7) is 0.421. The maximum Gasteiger partial charge on any atom is 0.181 e. The summed E-state index contributed by atoms with van der Waals surface area (Å²) in [4.78, 5) is 21.5. The Bertz CT molecular complexity index is 7120. The first-order chi connectivity index (χ1) is 56.4. The Balaban J connectivity index is 0.000000125. The topological polar surface area (TPSA) is 115 Å². The number of para-hydroxylation sites is 7. The maximum atomic E-state index is 6.41. The zero-order valence-corrected chi connectivity index (χ0v) is 67.0. The first-order valence-corrected chi connectivity index (χ1v) is 37.3. The fraction of sp³-hybridized carbons (Fsp3) is 0.0300. The summed E-state index contributed by atoms with van der Waals surface area (Å²) in [5.41, 5.74) is 17.8. The fourth-order valence-corrected chi connectivity index (χ4v) is 15.4. The van der Waals surface area contributed by atoms with Crippen molar-refractivity contribution in [2.45, 2.75) is 0 Å². The molecule has 9 aromatic heterocycles. The van der Waals surface area contributed by atoms with E-state index >= 15 is 0 Å². The van der Waals surface area contributed by atoms with Crippen molar-refractivity contribution in [3.63, 3.8) is 0 Å². The number of aromatic nitrogens is 6. The van der Waals surface area contributed by atoms with E-state index in [1.165, 1.54) is 22.7 Å². The monoisotopic (exact) mass is 1790 g/mol. The molecule has 17 heteroatoms. The number of hydrogen-bond donors (Lipinski definition) is 0. The zero-order chi connectivity index (χ0) is 76.0. The van der Waals surface area contributed by atoms with Gasteiger partial charge in [-0.05, 0) is 102 Å². The van der Waals surface area contributed by atoms with Crippen LogP contribution in [-0.2, 0) is 81.2 Å². The van der Waals surface area contributed by atoms with Crippen molar-refractivity contribution in [1.29, 1.82) is 0 Å². The Kier molecular flexibility index (Phi) is 21.8. The molecule has 117 heavy (non-hydrogen) atoms. The number of anilines is 8. The minimum Gasteiger partial charge on any atom is -0.535 e. The second kappa shape index (κ2) is 33.3. The van der Waals surface area contributed by atoms with Crippen molar-refractivity contribution < 1.29 is 89.7 Å². The summed E-state index contributed by atoms with van der Waals surface area (Å²) < 4.78 is 31.2. The first kappa shape index (κ1) is 76.4. The molecule has 10 heterocycles. The van der Waals surface area contributed by atoms with Gasteiger partial charge in [0.1, 0.15) is 24.1 Å². The van der Waals surface area contributed by atoms with Crippen LogP contribution in [0.25, 0.3) is 122 Å². The molecule has 0 bridgehead atoms. The third-order valence-electron chi connectivity index (χ3n) is 20.6. The SMILES string of the molecule is Cn1cc(-c2[c-]c(N(CN=Cc3coc4oc[c-]c34)c3ccccc3)ccc2)c2[cH-]c[n+](C)c21.[Ag].[Ag].[Ag].[c-]1c(-c2cccc3ccc[c-]c23)cccc1N1c2ccccc2Oc2ccc(-n3c4[c-]cccc4c4ccccc43)nc21.[c-]1c(-c2cccc3oc[c-]c23)cccc1N(c1ccccc1)c1cccc(-n2ccc3ccc[c-]c32)n1. The van der Waals surface area contributed by atoms with Gasteiger partial charge in [0, 0.05) is 121 Å². The Morgan fingerprint density at radius 3 is 2.03 bits per heavy atom. The van der Waals surface area contributed by atoms with Crippen molar-refractivity contribution in [2.75, 3.05) is 21.4 Å². The predicted octanol–water partition coefficient (Wildman–Crippen LogP) is 23.8. The Morgan fingerprint density at radius 1 is 0.513 bits per heavy atom. The quantitative estimate of drug-likeness (QED) is 0.0454. The molecule has 0 fully saturated rings. The van der Waals surface area contributed by atoms with Crippen LogP contribution >= 0.6 is 0 Å². The number of benzene rings is 12. The molecule has 22 rings (SSSR count). The van der Waals surface area contributed by atoms with Crippen LogP contribution < -0.4 is 24.0 Å². The van der Waals surface area contributed by atoms with Gasteiger partial charge < -0.3 is 51.0 Å². The molecular weight excluding hydrogens is 1730 g/mol. The molecule has 14 nitrogen and oxygen atoms in total. The molecule has 579 valence electrons.